The summed E-state index contributed by atoms with van der Waals surface area (Å²) in [6.45, 7) is 2.82. The summed E-state index contributed by atoms with van der Waals surface area (Å²) in [5.74, 6) is -1.37. The standard InChI is InChI=1S/C19H19Cl2N5O4S/c1-8-12(20)13(21)14(23-8)17(27)24-10-4-6-26(7-11(10)30-2)19-25-16-15(31-19)9(18(28)29)3-5-22-16/h3,5,10-11,23H,4,6-7H2,1-2H3,(H,24,27)(H,28,29). The van der Waals surface area contributed by atoms with Crippen molar-refractivity contribution in [1.29, 1.82) is 0 Å². The maximum absolute atomic E-state index is 12.7. The molecule has 1 saturated heterocycles. The molecule has 4 rings (SSSR count). The molecule has 0 aromatic carbocycles. The van der Waals surface area contributed by atoms with Crippen LogP contribution in [0.5, 0.6) is 0 Å². The largest absolute Gasteiger partial charge is 0.478 e. The number of H-pyrrole nitrogens is 1. The first-order chi connectivity index (χ1) is 14.8. The van der Waals surface area contributed by atoms with Crippen molar-refractivity contribution in [3.63, 3.8) is 0 Å². The van der Waals surface area contributed by atoms with Crippen LogP contribution in [0.2, 0.25) is 10.0 Å². The van der Waals surface area contributed by atoms with Gasteiger partial charge in [-0.05, 0) is 19.4 Å². The van der Waals surface area contributed by atoms with Crippen LogP contribution in [0.3, 0.4) is 0 Å². The summed E-state index contributed by atoms with van der Waals surface area (Å²) in [6.07, 6.45) is 1.74. The average molecular weight is 484 g/mol. The van der Waals surface area contributed by atoms with Crippen molar-refractivity contribution in [2.24, 2.45) is 0 Å². The third-order valence-electron chi connectivity index (χ3n) is 5.24. The lowest BCUT2D eigenvalue weighted by Crippen LogP contribution is -2.55. The molecule has 0 aliphatic carbocycles. The molecule has 1 aliphatic heterocycles. The van der Waals surface area contributed by atoms with Gasteiger partial charge in [0.05, 0.1) is 32.5 Å². The van der Waals surface area contributed by atoms with E-state index in [-0.39, 0.29) is 34.3 Å². The number of aromatic amines is 1. The zero-order chi connectivity index (χ0) is 22.3. The van der Waals surface area contributed by atoms with Gasteiger partial charge >= 0.3 is 5.97 Å². The molecule has 2 unspecified atom stereocenters. The highest BCUT2D eigenvalue weighted by Crippen LogP contribution is 2.33. The summed E-state index contributed by atoms with van der Waals surface area (Å²) in [7, 11) is 1.58. The molecule has 3 N–H and O–H groups in total. The Kier molecular flexibility index (Phi) is 6.07. The number of ether oxygens (including phenoxy) is 1. The zero-order valence-corrected chi connectivity index (χ0v) is 18.9. The molecule has 2 atom stereocenters. The quantitative estimate of drug-likeness (QED) is 0.508. The Morgan fingerprint density at radius 1 is 1.39 bits per heavy atom. The molecular weight excluding hydrogens is 465 g/mol. The number of nitrogens with zero attached hydrogens (tertiary/aromatic N) is 3. The van der Waals surface area contributed by atoms with Crippen molar-refractivity contribution in [3.05, 3.63) is 39.3 Å². The Labute approximate surface area is 191 Å². The molecule has 9 nitrogen and oxygen atoms in total. The van der Waals surface area contributed by atoms with Crippen LogP contribution in [-0.4, -0.2) is 64.3 Å². The molecule has 0 spiro atoms. The number of aromatic nitrogens is 3. The van der Waals surface area contributed by atoms with Gasteiger partial charge in [-0.1, -0.05) is 34.5 Å². The number of rotatable bonds is 5. The number of hydrogen-bond acceptors (Lipinski definition) is 7. The van der Waals surface area contributed by atoms with Crippen LogP contribution >= 0.6 is 34.5 Å². The number of halogens is 2. The number of carboxylic acid groups (broad SMARTS) is 1. The summed E-state index contributed by atoms with van der Waals surface area (Å²) in [5.41, 5.74) is 1.42. The predicted octanol–water partition coefficient (Wildman–Crippen LogP) is 3.36. The van der Waals surface area contributed by atoms with Gasteiger partial charge in [0.1, 0.15) is 5.69 Å². The molecule has 0 bridgehead atoms. The molecule has 1 fully saturated rings. The SMILES string of the molecule is COC1CN(c2nc3nccc(C(=O)O)c3s2)CCC1NC(=O)c1[nH]c(C)c(Cl)c1Cl. The number of pyridine rings is 1. The molecule has 1 amide bonds. The number of amides is 1. The molecule has 164 valence electrons. The van der Waals surface area contributed by atoms with Gasteiger partial charge in [0.25, 0.3) is 5.91 Å². The van der Waals surface area contributed by atoms with Gasteiger partial charge in [-0.3, -0.25) is 4.79 Å². The van der Waals surface area contributed by atoms with Crippen LogP contribution in [0.1, 0.15) is 33.0 Å². The Bertz CT molecular complexity index is 1160. The first kappa shape index (κ1) is 21.8. The maximum atomic E-state index is 12.7. The number of carbonyl (C=O) groups is 2. The van der Waals surface area contributed by atoms with Crippen molar-refractivity contribution in [1.82, 2.24) is 20.3 Å². The molecule has 1 aliphatic rings. The number of aromatic carboxylic acids is 1. The molecular formula is C19H19Cl2N5O4S. The third kappa shape index (κ3) is 4.08. The van der Waals surface area contributed by atoms with Crippen molar-refractivity contribution < 1.29 is 19.4 Å². The van der Waals surface area contributed by atoms with Crippen LogP contribution in [0.15, 0.2) is 12.3 Å². The summed E-state index contributed by atoms with van der Waals surface area (Å²) in [6, 6.07) is 1.22. The van der Waals surface area contributed by atoms with Crippen LogP contribution in [0, 0.1) is 6.92 Å². The fraction of sp³-hybridized carbons (Fsp3) is 0.368. The number of hydrogen-bond donors (Lipinski definition) is 3. The van der Waals surface area contributed by atoms with Gasteiger partial charge in [0, 0.05) is 32.1 Å². The second-order valence-electron chi connectivity index (χ2n) is 7.15. The molecule has 0 saturated carbocycles. The van der Waals surface area contributed by atoms with Crippen LogP contribution in [0.25, 0.3) is 10.3 Å². The number of carbonyl (C=O) groups excluding carboxylic acids is 1. The Morgan fingerprint density at radius 2 is 2.16 bits per heavy atom. The van der Waals surface area contributed by atoms with Crippen molar-refractivity contribution >= 4 is 61.9 Å². The Balaban J connectivity index is 1.50. The van der Waals surface area contributed by atoms with E-state index in [0.29, 0.717) is 45.7 Å². The van der Waals surface area contributed by atoms with Gasteiger partial charge in [-0.15, -0.1) is 0 Å². The van der Waals surface area contributed by atoms with E-state index in [0.717, 1.165) is 0 Å². The van der Waals surface area contributed by atoms with Crippen LogP contribution in [-0.2, 0) is 4.74 Å². The topological polar surface area (TPSA) is 120 Å². The van der Waals surface area contributed by atoms with Gasteiger partial charge in [0.15, 0.2) is 10.8 Å². The third-order valence-corrected chi connectivity index (χ3v) is 7.33. The number of methoxy groups -OCH3 is 1. The maximum Gasteiger partial charge on any atom is 0.337 e. The number of piperidine rings is 1. The smallest absolute Gasteiger partial charge is 0.337 e. The number of carboxylic acids is 1. The highest BCUT2D eigenvalue weighted by Gasteiger charge is 2.33. The Hall–Kier alpha value is -2.40. The van der Waals surface area contributed by atoms with Gasteiger partial charge in [0.2, 0.25) is 0 Å². The average Bonchev–Trinajstić information content (AvgIpc) is 3.30. The fourth-order valence-electron chi connectivity index (χ4n) is 3.59. The summed E-state index contributed by atoms with van der Waals surface area (Å²) >= 11 is 13.5. The minimum absolute atomic E-state index is 0.177. The highest BCUT2D eigenvalue weighted by atomic mass is 35.5. The minimum atomic E-state index is -1.02. The second kappa shape index (κ2) is 8.62. The summed E-state index contributed by atoms with van der Waals surface area (Å²) < 4.78 is 6.16. The fourth-order valence-corrected chi connectivity index (χ4v) is 5.07. The molecule has 0 radical (unpaired) electrons. The second-order valence-corrected chi connectivity index (χ2v) is 8.89. The zero-order valence-electron chi connectivity index (χ0n) is 16.6. The van der Waals surface area contributed by atoms with E-state index >= 15 is 0 Å². The Morgan fingerprint density at radius 3 is 2.81 bits per heavy atom. The predicted molar refractivity (Wildman–Crippen MR) is 119 cm³/mol. The highest BCUT2D eigenvalue weighted by molar-refractivity contribution is 7.22. The van der Waals surface area contributed by atoms with Gasteiger partial charge in [-0.25, -0.2) is 9.78 Å². The van der Waals surface area contributed by atoms with Crippen molar-refractivity contribution in [2.45, 2.75) is 25.5 Å². The monoisotopic (exact) mass is 483 g/mol. The minimum Gasteiger partial charge on any atom is -0.478 e. The summed E-state index contributed by atoms with van der Waals surface area (Å²) in [4.78, 5) is 37.8. The number of thiazole rings is 1. The first-order valence-corrected chi connectivity index (χ1v) is 11.0. The first-order valence-electron chi connectivity index (χ1n) is 9.41. The summed E-state index contributed by atoms with van der Waals surface area (Å²) in [5, 5.41) is 13.5. The molecule has 3 aromatic heterocycles. The van der Waals surface area contributed by atoms with E-state index in [4.69, 9.17) is 27.9 Å². The van der Waals surface area contributed by atoms with Gasteiger partial charge < -0.3 is 25.0 Å². The van der Waals surface area contributed by atoms with E-state index in [2.05, 4.69) is 20.3 Å². The lowest BCUT2D eigenvalue weighted by molar-refractivity contribution is 0.0540. The van der Waals surface area contributed by atoms with Crippen LogP contribution < -0.4 is 10.2 Å². The van der Waals surface area contributed by atoms with E-state index < -0.39 is 5.97 Å². The molecule has 3 aromatic rings. The van der Waals surface area contributed by atoms with Gasteiger partial charge in [-0.2, -0.15) is 4.98 Å². The number of fused-ring (bicyclic) bond motifs is 1. The lowest BCUT2D eigenvalue weighted by atomic mass is 10.0. The number of aryl methyl sites for hydroxylation is 1. The van der Waals surface area contributed by atoms with Crippen molar-refractivity contribution in [3.8, 4) is 0 Å². The van der Waals surface area contributed by atoms with Crippen LogP contribution in [0.4, 0.5) is 5.13 Å². The number of nitrogens with one attached hydrogen (secondary N) is 2. The molecule has 31 heavy (non-hydrogen) atoms. The normalized spacial score (nSPS) is 19.0. The number of anilines is 1. The van der Waals surface area contributed by atoms with E-state index in [9.17, 15) is 14.7 Å². The van der Waals surface area contributed by atoms with Crippen molar-refractivity contribution in [2.75, 3.05) is 25.1 Å². The van der Waals surface area contributed by atoms with E-state index in [1.807, 2.05) is 4.90 Å². The lowest BCUT2D eigenvalue weighted by Gasteiger charge is -2.37. The van der Waals surface area contributed by atoms with E-state index in [1.165, 1.54) is 23.6 Å². The molecule has 12 heteroatoms. The molecule has 4 heterocycles. The van der Waals surface area contributed by atoms with E-state index in [1.54, 1.807) is 14.0 Å².